The van der Waals surface area contributed by atoms with Gasteiger partial charge in [0, 0.05) is 12.0 Å². The number of ether oxygens (including phenoxy) is 2. The van der Waals surface area contributed by atoms with Crippen molar-refractivity contribution in [2.45, 2.75) is 52.2 Å². The molecule has 1 unspecified atom stereocenters. The van der Waals surface area contributed by atoms with Crippen molar-refractivity contribution in [1.82, 2.24) is 10.3 Å². The van der Waals surface area contributed by atoms with Crippen LogP contribution >= 0.6 is 11.3 Å². The Morgan fingerprint density at radius 3 is 2.95 bits per heavy atom. The van der Waals surface area contributed by atoms with Gasteiger partial charge in [0.15, 0.2) is 4.88 Å². The number of thiazole rings is 1. The van der Waals surface area contributed by atoms with Crippen LogP contribution in [-0.2, 0) is 4.74 Å². The van der Waals surface area contributed by atoms with Crippen LogP contribution in [0.3, 0.4) is 0 Å². The molecule has 1 aliphatic rings. The average molecular weight is 298 g/mol. The first-order valence-electron chi connectivity index (χ1n) is 6.97. The minimum absolute atomic E-state index is 0.0536. The Bertz CT molecular complexity index is 485. The van der Waals surface area contributed by atoms with Crippen molar-refractivity contribution in [1.29, 1.82) is 0 Å². The number of hydrogen-bond donors (Lipinski definition) is 1. The average Bonchev–Trinajstić information content (AvgIpc) is 2.69. The molecule has 6 heteroatoms. The second-order valence-corrected chi connectivity index (χ2v) is 6.83. The van der Waals surface area contributed by atoms with Gasteiger partial charge in [-0.25, -0.2) is 9.78 Å². The summed E-state index contributed by atoms with van der Waals surface area (Å²) in [5.41, 5.74) is 0.0536. The topological polar surface area (TPSA) is 60.5 Å². The van der Waals surface area contributed by atoms with Crippen LogP contribution in [0.15, 0.2) is 0 Å². The van der Waals surface area contributed by atoms with E-state index in [1.165, 1.54) is 11.3 Å². The Morgan fingerprint density at radius 2 is 2.30 bits per heavy atom. The van der Waals surface area contributed by atoms with Crippen LogP contribution in [0.1, 0.15) is 48.3 Å². The summed E-state index contributed by atoms with van der Waals surface area (Å²) in [5.74, 6) is 0.0787. The van der Waals surface area contributed by atoms with Gasteiger partial charge in [0.2, 0.25) is 5.88 Å². The zero-order chi connectivity index (χ0) is 14.8. The van der Waals surface area contributed by atoms with Crippen molar-refractivity contribution in [3.05, 3.63) is 9.88 Å². The number of rotatable bonds is 4. The van der Waals surface area contributed by atoms with Crippen LogP contribution in [0.2, 0.25) is 0 Å². The minimum atomic E-state index is -0.346. The lowest BCUT2D eigenvalue weighted by atomic mass is 9.91. The van der Waals surface area contributed by atoms with Gasteiger partial charge in [-0.1, -0.05) is 0 Å². The molecule has 0 aromatic carbocycles. The lowest BCUT2D eigenvalue weighted by Gasteiger charge is -2.36. The predicted molar refractivity (Wildman–Crippen MR) is 78.5 cm³/mol. The third kappa shape index (κ3) is 3.70. The van der Waals surface area contributed by atoms with Gasteiger partial charge in [-0.15, -0.1) is 11.3 Å². The molecule has 1 aromatic rings. The van der Waals surface area contributed by atoms with Gasteiger partial charge < -0.3 is 14.8 Å². The molecule has 0 bridgehead atoms. The fraction of sp³-hybridized carbons (Fsp3) is 0.714. The van der Waals surface area contributed by atoms with Gasteiger partial charge >= 0.3 is 5.97 Å². The van der Waals surface area contributed by atoms with Crippen LogP contribution in [0.5, 0.6) is 5.88 Å². The van der Waals surface area contributed by atoms with Gasteiger partial charge in [0.25, 0.3) is 0 Å². The molecule has 112 valence electrons. The summed E-state index contributed by atoms with van der Waals surface area (Å²) >= 11 is 1.32. The molecule has 2 rings (SSSR count). The third-order valence-corrected chi connectivity index (χ3v) is 4.18. The van der Waals surface area contributed by atoms with Crippen LogP contribution in [0.4, 0.5) is 0 Å². The van der Waals surface area contributed by atoms with Crippen molar-refractivity contribution < 1.29 is 14.3 Å². The van der Waals surface area contributed by atoms with Crippen molar-refractivity contribution >= 4 is 17.3 Å². The molecule has 1 aliphatic heterocycles. The highest BCUT2D eigenvalue weighted by Crippen LogP contribution is 2.29. The zero-order valence-corrected chi connectivity index (χ0v) is 13.3. The Kier molecular flexibility index (Phi) is 4.65. The van der Waals surface area contributed by atoms with E-state index in [4.69, 9.17) is 9.47 Å². The number of nitrogens with one attached hydrogen (secondary N) is 1. The van der Waals surface area contributed by atoms with E-state index in [0.29, 0.717) is 17.4 Å². The van der Waals surface area contributed by atoms with Gasteiger partial charge in [-0.2, -0.15) is 0 Å². The lowest BCUT2D eigenvalue weighted by molar-refractivity contribution is 0.0518. The maximum atomic E-state index is 11.9. The summed E-state index contributed by atoms with van der Waals surface area (Å²) in [7, 11) is 0. The van der Waals surface area contributed by atoms with Gasteiger partial charge in [-0.3, -0.25) is 0 Å². The minimum Gasteiger partial charge on any atom is -0.473 e. The maximum Gasteiger partial charge on any atom is 0.353 e. The normalized spacial score (nSPS) is 21.5. The Hall–Kier alpha value is -1.14. The molecule has 1 N–H and O–H groups in total. The van der Waals surface area contributed by atoms with Crippen LogP contribution in [0.25, 0.3) is 0 Å². The highest BCUT2D eigenvalue weighted by atomic mass is 32.1. The smallest absolute Gasteiger partial charge is 0.353 e. The monoisotopic (exact) mass is 298 g/mol. The molecule has 0 radical (unpaired) electrons. The summed E-state index contributed by atoms with van der Waals surface area (Å²) in [5, 5.41) is 4.26. The Morgan fingerprint density at radius 1 is 1.55 bits per heavy atom. The molecular weight excluding hydrogens is 276 g/mol. The van der Waals surface area contributed by atoms with Crippen molar-refractivity contribution in [3.8, 4) is 5.88 Å². The first-order chi connectivity index (χ1) is 9.41. The first-order valence-corrected chi connectivity index (χ1v) is 7.79. The summed E-state index contributed by atoms with van der Waals surface area (Å²) in [6, 6.07) is 0. The van der Waals surface area contributed by atoms with E-state index in [9.17, 15) is 4.79 Å². The quantitative estimate of drug-likeness (QED) is 0.866. The van der Waals surface area contributed by atoms with Gasteiger partial charge in [0.1, 0.15) is 6.10 Å². The molecule has 0 aliphatic carbocycles. The number of hydrogen-bond acceptors (Lipinski definition) is 6. The highest BCUT2D eigenvalue weighted by Gasteiger charge is 2.30. The number of nitrogens with zero attached hydrogens (tertiary/aromatic N) is 1. The molecule has 1 atom stereocenters. The molecule has 0 spiro atoms. The summed E-state index contributed by atoms with van der Waals surface area (Å²) < 4.78 is 11.0. The van der Waals surface area contributed by atoms with E-state index in [1.54, 1.807) is 6.92 Å². The third-order valence-electron chi connectivity index (χ3n) is 3.25. The molecular formula is C14H22N2O3S. The largest absolute Gasteiger partial charge is 0.473 e. The molecule has 5 nitrogen and oxygen atoms in total. The zero-order valence-electron chi connectivity index (χ0n) is 12.5. The van der Waals surface area contributed by atoms with Crippen molar-refractivity contribution in [3.63, 3.8) is 0 Å². The van der Waals surface area contributed by atoms with Gasteiger partial charge in [0.05, 0.1) is 11.6 Å². The van der Waals surface area contributed by atoms with Crippen LogP contribution in [0, 0.1) is 6.92 Å². The van der Waals surface area contributed by atoms with Gasteiger partial charge in [-0.05, 0) is 40.7 Å². The SMILES string of the molecule is CCOC(=O)c1sc(C)nc1OC1CCNC(C)(C)C1. The standard InChI is InChI=1S/C14H22N2O3S/c1-5-18-13(17)11-12(16-9(2)20-11)19-10-6-7-15-14(3,4)8-10/h10,15H,5-8H2,1-4H3. The first kappa shape index (κ1) is 15.3. The Balaban J connectivity index is 2.11. The molecule has 0 amide bonds. The number of aromatic nitrogens is 1. The van der Waals surface area contributed by atoms with E-state index in [1.807, 2.05) is 6.92 Å². The highest BCUT2D eigenvalue weighted by molar-refractivity contribution is 7.13. The van der Waals surface area contributed by atoms with Crippen molar-refractivity contribution in [2.75, 3.05) is 13.2 Å². The molecule has 20 heavy (non-hydrogen) atoms. The maximum absolute atomic E-state index is 11.9. The number of aryl methyl sites for hydroxylation is 1. The molecule has 1 saturated heterocycles. The summed E-state index contributed by atoms with van der Waals surface area (Å²) in [4.78, 5) is 16.7. The second kappa shape index (κ2) is 6.10. The number of esters is 1. The molecule has 2 heterocycles. The summed E-state index contributed by atoms with van der Waals surface area (Å²) in [6.45, 7) is 9.24. The number of carbonyl (C=O) groups is 1. The molecule has 1 fully saturated rings. The Labute approximate surface area is 123 Å². The van der Waals surface area contributed by atoms with E-state index < -0.39 is 0 Å². The number of piperidine rings is 1. The molecule has 1 aromatic heterocycles. The number of carbonyl (C=O) groups excluding carboxylic acids is 1. The van der Waals surface area contributed by atoms with E-state index in [-0.39, 0.29) is 17.6 Å². The van der Waals surface area contributed by atoms with E-state index >= 15 is 0 Å². The van der Waals surface area contributed by atoms with E-state index in [0.717, 1.165) is 24.4 Å². The lowest BCUT2D eigenvalue weighted by Crippen LogP contribution is -2.49. The molecule has 0 saturated carbocycles. The second-order valence-electron chi connectivity index (χ2n) is 5.63. The predicted octanol–water partition coefficient (Wildman–Crippen LogP) is 2.54. The van der Waals surface area contributed by atoms with Crippen LogP contribution in [-0.4, -0.2) is 35.7 Å². The van der Waals surface area contributed by atoms with Crippen molar-refractivity contribution in [2.24, 2.45) is 0 Å². The van der Waals surface area contributed by atoms with Crippen LogP contribution < -0.4 is 10.1 Å². The fourth-order valence-electron chi connectivity index (χ4n) is 2.39. The fourth-order valence-corrected chi connectivity index (χ4v) is 3.13. The summed E-state index contributed by atoms with van der Waals surface area (Å²) in [6.07, 6.45) is 1.90. The van der Waals surface area contributed by atoms with E-state index in [2.05, 4.69) is 24.1 Å².